The zero-order valence-corrected chi connectivity index (χ0v) is 11.5. The number of halogens is 1. The lowest BCUT2D eigenvalue weighted by molar-refractivity contribution is 0.302. The number of fused-ring (bicyclic) bond motifs is 1. The summed E-state index contributed by atoms with van der Waals surface area (Å²) in [5, 5.41) is 0.887. The normalized spacial score (nSPS) is 10.9. The van der Waals surface area contributed by atoms with Gasteiger partial charge in [0.15, 0.2) is 0 Å². The van der Waals surface area contributed by atoms with Crippen molar-refractivity contribution in [3.05, 3.63) is 58.9 Å². The highest BCUT2D eigenvalue weighted by Crippen LogP contribution is 2.24. The number of rotatable bonds is 4. The third kappa shape index (κ3) is 2.64. The van der Waals surface area contributed by atoms with E-state index >= 15 is 0 Å². The Bertz CT molecular complexity index is 709. The van der Waals surface area contributed by atoms with Gasteiger partial charge >= 0.3 is 0 Å². The quantitative estimate of drug-likeness (QED) is 0.799. The number of nitrogens with zero attached hydrogens (tertiary/aromatic N) is 1. The summed E-state index contributed by atoms with van der Waals surface area (Å²) in [7, 11) is 0. The van der Waals surface area contributed by atoms with Gasteiger partial charge < -0.3 is 10.5 Å². The Balaban J connectivity index is 1.79. The fourth-order valence-corrected chi connectivity index (χ4v) is 2.85. The van der Waals surface area contributed by atoms with Crippen molar-refractivity contribution < 1.29 is 9.13 Å². The second-order valence-electron chi connectivity index (χ2n) is 4.32. The van der Waals surface area contributed by atoms with Gasteiger partial charge in [0.1, 0.15) is 23.2 Å². The fourth-order valence-electron chi connectivity index (χ4n) is 1.97. The summed E-state index contributed by atoms with van der Waals surface area (Å²) in [5.74, 6) is 0.297. The number of thiazole rings is 1. The Morgan fingerprint density at radius 2 is 2.05 bits per heavy atom. The van der Waals surface area contributed by atoms with Crippen LogP contribution in [-0.2, 0) is 13.2 Å². The van der Waals surface area contributed by atoms with Crippen molar-refractivity contribution in [3.8, 4) is 5.75 Å². The first kappa shape index (κ1) is 13.0. The molecule has 0 bridgehead atoms. The molecule has 1 heterocycles. The van der Waals surface area contributed by atoms with Gasteiger partial charge in [0.05, 0.1) is 10.2 Å². The number of benzene rings is 2. The van der Waals surface area contributed by atoms with E-state index in [-0.39, 0.29) is 12.4 Å². The molecule has 0 saturated heterocycles. The topological polar surface area (TPSA) is 48.1 Å². The van der Waals surface area contributed by atoms with Gasteiger partial charge in [-0.2, -0.15) is 0 Å². The molecule has 0 spiro atoms. The maximum absolute atomic E-state index is 13.1. The predicted octanol–water partition coefficient (Wildman–Crippen LogP) is 3.47. The summed E-state index contributed by atoms with van der Waals surface area (Å²) in [6.45, 7) is 0.602. The van der Waals surface area contributed by atoms with Crippen LogP contribution in [0.25, 0.3) is 10.2 Å². The lowest BCUT2D eigenvalue weighted by atomic mass is 10.2. The molecule has 3 nitrogen and oxygen atoms in total. The number of hydrogen-bond donors (Lipinski definition) is 1. The zero-order valence-electron chi connectivity index (χ0n) is 10.7. The van der Waals surface area contributed by atoms with E-state index in [9.17, 15) is 4.39 Å². The van der Waals surface area contributed by atoms with Crippen LogP contribution in [0.2, 0.25) is 0 Å². The molecular formula is C15H13FN2OS. The van der Waals surface area contributed by atoms with E-state index in [4.69, 9.17) is 10.5 Å². The van der Waals surface area contributed by atoms with Crippen LogP contribution in [0.4, 0.5) is 4.39 Å². The molecule has 0 radical (unpaired) electrons. The fraction of sp³-hybridized carbons (Fsp3) is 0.133. The minimum Gasteiger partial charge on any atom is -0.486 e. The van der Waals surface area contributed by atoms with E-state index in [0.29, 0.717) is 17.9 Å². The van der Waals surface area contributed by atoms with Gasteiger partial charge in [-0.25, -0.2) is 9.37 Å². The minimum absolute atomic E-state index is 0.243. The molecule has 20 heavy (non-hydrogen) atoms. The van der Waals surface area contributed by atoms with Crippen LogP contribution < -0.4 is 10.5 Å². The summed E-state index contributed by atoms with van der Waals surface area (Å²) in [6, 6.07) is 12.3. The highest BCUT2D eigenvalue weighted by molar-refractivity contribution is 7.18. The van der Waals surface area contributed by atoms with Gasteiger partial charge in [-0.1, -0.05) is 12.1 Å². The first-order valence-corrected chi connectivity index (χ1v) is 7.03. The van der Waals surface area contributed by atoms with E-state index in [1.165, 1.54) is 12.1 Å². The van der Waals surface area contributed by atoms with E-state index in [2.05, 4.69) is 4.98 Å². The van der Waals surface area contributed by atoms with Gasteiger partial charge in [0.25, 0.3) is 0 Å². The molecule has 0 aliphatic rings. The highest BCUT2D eigenvalue weighted by atomic mass is 32.1. The molecule has 0 saturated carbocycles. The first-order chi connectivity index (χ1) is 9.76. The first-order valence-electron chi connectivity index (χ1n) is 6.22. The number of nitrogens with two attached hydrogens (primary N) is 1. The van der Waals surface area contributed by atoms with Crippen LogP contribution in [0.1, 0.15) is 10.6 Å². The van der Waals surface area contributed by atoms with Crippen LogP contribution >= 0.6 is 11.3 Å². The molecule has 102 valence electrons. The van der Waals surface area contributed by atoms with Gasteiger partial charge in [0.2, 0.25) is 0 Å². The molecule has 5 heteroatoms. The van der Waals surface area contributed by atoms with Crippen molar-refractivity contribution in [2.24, 2.45) is 5.73 Å². The maximum atomic E-state index is 13.1. The second kappa shape index (κ2) is 5.56. The molecule has 2 aromatic carbocycles. The Hall–Kier alpha value is -1.98. The maximum Gasteiger partial charge on any atom is 0.140 e. The van der Waals surface area contributed by atoms with Gasteiger partial charge in [-0.3, -0.25) is 0 Å². The molecule has 0 amide bonds. The average molecular weight is 288 g/mol. The van der Waals surface area contributed by atoms with Crippen molar-refractivity contribution in [3.63, 3.8) is 0 Å². The number of para-hydroxylation sites is 1. The van der Waals surface area contributed by atoms with Crippen LogP contribution in [-0.4, -0.2) is 4.98 Å². The molecule has 0 atom stereocenters. The predicted molar refractivity (Wildman–Crippen MR) is 78.2 cm³/mol. The SMILES string of the molecule is NCc1cc(F)ccc1OCc1nc2ccccc2s1. The summed E-state index contributed by atoms with van der Waals surface area (Å²) in [6.07, 6.45) is 0. The summed E-state index contributed by atoms with van der Waals surface area (Å²) < 4.78 is 19.9. The van der Waals surface area contributed by atoms with Crippen molar-refractivity contribution in [2.45, 2.75) is 13.2 Å². The minimum atomic E-state index is -0.308. The van der Waals surface area contributed by atoms with Gasteiger partial charge in [0, 0.05) is 12.1 Å². The molecular weight excluding hydrogens is 275 g/mol. The van der Waals surface area contributed by atoms with Crippen molar-refractivity contribution in [1.29, 1.82) is 0 Å². The Morgan fingerprint density at radius 1 is 1.20 bits per heavy atom. The zero-order chi connectivity index (χ0) is 13.9. The second-order valence-corrected chi connectivity index (χ2v) is 5.44. The molecule has 0 aliphatic heterocycles. The lowest BCUT2D eigenvalue weighted by Crippen LogP contribution is -2.03. The molecule has 0 unspecified atom stereocenters. The number of aromatic nitrogens is 1. The number of ether oxygens (including phenoxy) is 1. The molecule has 3 rings (SSSR count). The van der Waals surface area contributed by atoms with E-state index in [1.54, 1.807) is 17.4 Å². The summed E-state index contributed by atoms with van der Waals surface area (Å²) >= 11 is 1.59. The lowest BCUT2D eigenvalue weighted by Gasteiger charge is -2.08. The Morgan fingerprint density at radius 3 is 2.85 bits per heavy atom. The highest BCUT2D eigenvalue weighted by Gasteiger charge is 2.07. The summed E-state index contributed by atoms with van der Waals surface area (Å²) in [4.78, 5) is 4.49. The summed E-state index contributed by atoms with van der Waals surface area (Å²) in [5.41, 5.74) is 7.22. The monoisotopic (exact) mass is 288 g/mol. The van der Waals surface area contributed by atoms with E-state index in [1.807, 2.05) is 24.3 Å². The Kier molecular flexibility index (Phi) is 3.62. The van der Waals surface area contributed by atoms with Crippen molar-refractivity contribution in [2.75, 3.05) is 0 Å². The van der Waals surface area contributed by atoms with Crippen LogP contribution in [0.3, 0.4) is 0 Å². The standard InChI is InChI=1S/C15H13FN2OS/c16-11-5-6-13(10(7-11)8-17)19-9-15-18-12-3-1-2-4-14(12)20-15/h1-7H,8-9,17H2. The largest absolute Gasteiger partial charge is 0.486 e. The van der Waals surface area contributed by atoms with Gasteiger partial charge in [-0.05, 0) is 30.3 Å². The van der Waals surface area contributed by atoms with Crippen LogP contribution in [0.15, 0.2) is 42.5 Å². The molecule has 3 aromatic rings. The Labute approximate surface area is 119 Å². The van der Waals surface area contributed by atoms with E-state index < -0.39 is 0 Å². The van der Waals surface area contributed by atoms with Crippen molar-refractivity contribution >= 4 is 21.6 Å². The van der Waals surface area contributed by atoms with Crippen LogP contribution in [0, 0.1) is 5.82 Å². The molecule has 0 aliphatic carbocycles. The third-order valence-corrected chi connectivity index (χ3v) is 3.94. The number of hydrogen-bond acceptors (Lipinski definition) is 4. The van der Waals surface area contributed by atoms with Crippen LogP contribution in [0.5, 0.6) is 5.75 Å². The molecule has 1 aromatic heterocycles. The molecule has 2 N–H and O–H groups in total. The average Bonchev–Trinajstić information content (AvgIpc) is 2.88. The molecule has 0 fully saturated rings. The van der Waals surface area contributed by atoms with Crippen molar-refractivity contribution in [1.82, 2.24) is 4.98 Å². The van der Waals surface area contributed by atoms with Gasteiger partial charge in [-0.15, -0.1) is 11.3 Å². The third-order valence-electron chi connectivity index (χ3n) is 2.93. The smallest absolute Gasteiger partial charge is 0.140 e. The van der Waals surface area contributed by atoms with E-state index in [0.717, 1.165) is 15.2 Å².